The second-order valence-electron chi connectivity index (χ2n) is 11.0. The first-order chi connectivity index (χ1) is 19.7. The van der Waals surface area contributed by atoms with E-state index in [0.717, 1.165) is 49.6 Å². The van der Waals surface area contributed by atoms with Crippen LogP contribution in [0.2, 0.25) is 0 Å². The minimum absolute atomic E-state index is 0.0359. The summed E-state index contributed by atoms with van der Waals surface area (Å²) in [6.07, 6.45) is 0.622. The Morgan fingerprint density at radius 3 is 2.51 bits per heavy atom. The molecule has 2 aliphatic heterocycles. The summed E-state index contributed by atoms with van der Waals surface area (Å²) < 4.78 is 61.2. The van der Waals surface area contributed by atoms with E-state index in [4.69, 9.17) is 13.7 Å². The maximum atomic E-state index is 13.1. The van der Waals surface area contributed by atoms with Gasteiger partial charge in [0, 0.05) is 46.3 Å². The van der Waals surface area contributed by atoms with Crippen molar-refractivity contribution in [1.29, 1.82) is 0 Å². The van der Waals surface area contributed by atoms with Crippen molar-refractivity contribution in [2.24, 2.45) is 0 Å². The molecule has 2 saturated heterocycles. The molecule has 3 aliphatic rings. The Morgan fingerprint density at radius 1 is 1.05 bits per heavy atom. The number of alkyl halides is 3. The zero-order valence-corrected chi connectivity index (χ0v) is 21.9. The predicted molar refractivity (Wildman–Crippen MR) is 141 cm³/mol. The lowest BCUT2D eigenvalue weighted by atomic mass is 9.98. The van der Waals surface area contributed by atoms with E-state index in [2.05, 4.69) is 14.8 Å². The molecule has 4 heterocycles. The van der Waals surface area contributed by atoms with Gasteiger partial charge in [-0.25, -0.2) is 4.79 Å². The van der Waals surface area contributed by atoms with Crippen molar-refractivity contribution in [3.05, 3.63) is 65.6 Å². The number of carboxylic acid groups (broad SMARTS) is 1. The predicted octanol–water partition coefficient (Wildman–Crippen LogP) is 7.28. The molecule has 7 rings (SSSR count). The lowest BCUT2D eigenvalue weighted by Gasteiger charge is -2.40. The highest BCUT2D eigenvalue weighted by molar-refractivity contribution is 5.92. The minimum atomic E-state index is -4.83. The van der Waals surface area contributed by atoms with Gasteiger partial charge in [-0.05, 0) is 68.9 Å². The molecule has 214 valence electrons. The molecule has 41 heavy (non-hydrogen) atoms. The zero-order valence-electron chi connectivity index (χ0n) is 21.9. The second-order valence-corrected chi connectivity index (χ2v) is 11.0. The van der Waals surface area contributed by atoms with Crippen LogP contribution in [0, 0.1) is 0 Å². The molecule has 1 aliphatic carbocycles. The summed E-state index contributed by atoms with van der Waals surface area (Å²) in [4.78, 5) is 13.7. The van der Waals surface area contributed by atoms with Gasteiger partial charge >= 0.3 is 12.3 Å². The number of halogens is 3. The first-order valence-corrected chi connectivity index (χ1v) is 13.7. The molecule has 1 saturated carbocycles. The van der Waals surface area contributed by atoms with E-state index in [1.807, 2.05) is 18.2 Å². The van der Waals surface area contributed by atoms with Gasteiger partial charge in [-0.2, -0.15) is 0 Å². The maximum Gasteiger partial charge on any atom is 0.573 e. The molecule has 0 unspecified atom stereocenters. The van der Waals surface area contributed by atoms with Gasteiger partial charge < -0.3 is 28.4 Å². The number of piperidine rings is 1. The Morgan fingerprint density at radius 2 is 1.80 bits per heavy atom. The van der Waals surface area contributed by atoms with E-state index in [1.54, 1.807) is 12.1 Å². The van der Waals surface area contributed by atoms with Gasteiger partial charge in [-0.15, -0.1) is 13.2 Å². The fraction of sp³-hybridized carbons (Fsp3) is 0.400. The monoisotopic (exact) mass is 568 g/mol. The lowest BCUT2D eigenvalue weighted by Crippen LogP contribution is -2.45. The van der Waals surface area contributed by atoms with Gasteiger partial charge in [0.2, 0.25) is 5.76 Å². The third kappa shape index (κ3) is 5.03. The molecule has 2 aromatic heterocycles. The van der Waals surface area contributed by atoms with Crippen LogP contribution in [0.1, 0.15) is 66.3 Å². The number of carboxylic acids is 1. The van der Waals surface area contributed by atoms with Crippen LogP contribution in [0.5, 0.6) is 5.75 Å². The van der Waals surface area contributed by atoms with Gasteiger partial charge in [-0.3, -0.25) is 0 Å². The number of anilines is 1. The number of ether oxygens (including phenoxy) is 2. The van der Waals surface area contributed by atoms with E-state index in [-0.39, 0.29) is 47.8 Å². The third-order valence-electron chi connectivity index (χ3n) is 8.30. The molecule has 0 amide bonds. The zero-order chi connectivity index (χ0) is 28.3. The largest absolute Gasteiger partial charge is 0.573 e. The number of fused-ring (bicyclic) bond motifs is 3. The molecule has 0 spiro atoms. The number of nitrogens with zero attached hydrogens (tertiary/aromatic N) is 2. The molecular formula is C30H27F3N2O6. The molecule has 3 atom stereocenters. The van der Waals surface area contributed by atoms with Crippen LogP contribution >= 0.6 is 0 Å². The van der Waals surface area contributed by atoms with Crippen LogP contribution in [-0.4, -0.2) is 40.8 Å². The van der Waals surface area contributed by atoms with Crippen molar-refractivity contribution in [3.63, 3.8) is 0 Å². The van der Waals surface area contributed by atoms with Gasteiger partial charge in [0.15, 0.2) is 0 Å². The number of aromatic carboxylic acids is 1. The molecule has 0 radical (unpaired) electrons. The molecule has 8 nitrogen and oxygen atoms in total. The van der Waals surface area contributed by atoms with Crippen LogP contribution in [-0.2, 0) is 11.3 Å². The van der Waals surface area contributed by atoms with E-state index in [0.29, 0.717) is 22.6 Å². The summed E-state index contributed by atoms with van der Waals surface area (Å²) in [6, 6.07) is 13.8. The summed E-state index contributed by atoms with van der Waals surface area (Å²) in [5.41, 5.74) is 2.75. The average molecular weight is 569 g/mol. The van der Waals surface area contributed by atoms with E-state index in [1.165, 1.54) is 18.2 Å². The van der Waals surface area contributed by atoms with Gasteiger partial charge in [0.25, 0.3) is 0 Å². The first kappa shape index (κ1) is 25.9. The molecular weight excluding hydrogens is 541 g/mol. The number of aromatic nitrogens is 1. The second kappa shape index (κ2) is 9.83. The number of hydrogen-bond donors (Lipinski definition) is 1. The van der Waals surface area contributed by atoms with Crippen molar-refractivity contribution < 1.29 is 41.5 Å². The molecule has 1 N–H and O–H groups in total. The number of hydrogen-bond acceptors (Lipinski definition) is 7. The van der Waals surface area contributed by atoms with Crippen LogP contribution in [0.15, 0.2) is 57.5 Å². The number of rotatable bonds is 8. The van der Waals surface area contributed by atoms with Crippen molar-refractivity contribution in [2.75, 3.05) is 4.90 Å². The Kier molecular flexibility index (Phi) is 6.22. The van der Waals surface area contributed by atoms with Crippen LogP contribution in [0.4, 0.5) is 18.9 Å². The van der Waals surface area contributed by atoms with Crippen LogP contribution in [0.25, 0.3) is 22.2 Å². The minimum Gasteiger partial charge on any atom is -0.475 e. The standard InChI is InChI=1S/C30H27F3N2O6/c31-30(32,33)40-24-4-2-1-3-22(24)27-23(28(41-34-27)16-5-6-16)15-38-21-12-18-9-10-19(13-21)35(18)20-8-7-17-11-26(29(36)37)39-25(17)14-20/h1-4,7-8,11,14,16,18-19,21H,5-6,9-10,12-13,15H2,(H,36,37)/t18-,19+,21+. The summed E-state index contributed by atoms with van der Waals surface area (Å²) in [5.74, 6) is -0.639. The van der Waals surface area contributed by atoms with Gasteiger partial charge in [-0.1, -0.05) is 17.3 Å². The highest BCUT2D eigenvalue weighted by Gasteiger charge is 2.42. The SMILES string of the molecule is O=C(O)c1cc2ccc(N3[C@@H]4CC[C@H]3C[C@@H](OCc3c(-c5ccccc5OC(F)(F)F)noc3C3CC3)C4)cc2o1. The summed E-state index contributed by atoms with van der Waals surface area (Å²) in [5, 5.41) is 14.2. The Hall–Kier alpha value is -3.99. The first-order valence-electron chi connectivity index (χ1n) is 13.7. The Bertz CT molecular complexity index is 1590. The third-order valence-corrected chi connectivity index (χ3v) is 8.30. The average Bonchev–Trinajstić information content (AvgIpc) is 3.44. The summed E-state index contributed by atoms with van der Waals surface area (Å²) >= 11 is 0. The molecule has 3 fully saturated rings. The maximum absolute atomic E-state index is 13.1. The number of furan rings is 1. The highest BCUT2D eigenvalue weighted by Crippen LogP contribution is 2.46. The fourth-order valence-corrected chi connectivity index (χ4v) is 6.39. The summed E-state index contributed by atoms with van der Waals surface area (Å²) in [6.45, 7) is 0.186. The molecule has 11 heteroatoms. The highest BCUT2D eigenvalue weighted by atomic mass is 19.4. The van der Waals surface area contributed by atoms with E-state index in [9.17, 15) is 23.1 Å². The van der Waals surface area contributed by atoms with E-state index >= 15 is 0 Å². The smallest absolute Gasteiger partial charge is 0.475 e. The van der Waals surface area contributed by atoms with E-state index < -0.39 is 12.3 Å². The molecule has 4 aromatic rings. The molecule has 2 bridgehead atoms. The van der Waals surface area contributed by atoms with Crippen LogP contribution < -0.4 is 9.64 Å². The van der Waals surface area contributed by atoms with Crippen LogP contribution in [0.3, 0.4) is 0 Å². The van der Waals surface area contributed by atoms with Crippen molar-refractivity contribution in [3.8, 4) is 17.0 Å². The molecule has 2 aromatic carbocycles. The number of para-hydroxylation sites is 1. The topological polar surface area (TPSA) is 98.2 Å². The van der Waals surface area contributed by atoms with Gasteiger partial charge in [0.1, 0.15) is 22.8 Å². The quantitative estimate of drug-likeness (QED) is 0.237. The fourth-order valence-electron chi connectivity index (χ4n) is 6.39. The number of benzene rings is 2. The lowest BCUT2D eigenvalue weighted by molar-refractivity contribution is -0.274. The summed E-state index contributed by atoms with van der Waals surface area (Å²) in [7, 11) is 0. The normalized spacial score (nSPS) is 22.4. The Balaban J connectivity index is 1.09. The number of carbonyl (C=O) groups is 1. The van der Waals surface area contributed by atoms with Crippen molar-refractivity contribution in [2.45, 2.75) is 75.6 Å². The Labute approximate surface area is 232 Å². The van der Waals surface area contributed by atoms with Crippen molar-refractivity contribution >= 4 is 22.6 Å². The van der Waals surface area contributed by atoms with Gasteiger partial charge in [0.05, 0.1) is 12.7 Å². The van der Waals surface area contributed by atoms with Crippen molar-refractivity contribution in [1.82, 2.24) is 5.16 Å².